The Kier molecular flexibility index (Phi) is 3.25. The molecule has 76 valence electrons. The molecule has 0 saturated carbocycles. The quantitative estimate of drug-likeness (QED) is 0.785. The molecule has 0 aromatic heterocycles. The highest BCUT2D eigenvalue weighted by Gasteiger charge is 2.23. The van der Waals surface area contributed by atoms with Gasteiger partial charge in [-0.2, -0.15) is 0 Å². The summed E-state index contributed by atoms with van der Waals surface area (Å²) in [6.45, 7) is 5.05. The molecule has 0 radical (unpaired) electrons. The molecule has 1 unspecified atom stereocenters. The Bertz CT molecular complexity index is 401. The van der Waals surface area contributed by atoms with Crippen LogP contribution in [0.15, 0.2) is 30.8 Å². The van der Waals surface area contributed by atoms with Crippen LogP contribution in [0, 0.1) is 5.82 Å². The summed E-state index contributed by atoms with van der Waals surface area (Å²) in [5.74, 6) is -0.514. The molecule has 0 aliphatic carbocycles. The zero-order valence-electron chi connectivity index (χ0n) is 7.90. The Morgan fingerprint density at radius 2 is 2.14 bits per heavy atom. The molecule has 2 nitrogen and oxygen atoms in total. The van der Waals surface area contributed by atoms with E-state index in [1.807, 2.05) is 0 Å². The van der Waals surface area contributed by atoms with Crippen molar-refractivity contribution in [3.05, 3.63) is 42.2 Å². The maximum absolute atomic E-state index is 13.2. The number of hydrogen-bond acceptors (Lipinski definition) is 1. The summed E-state index contributed by atoms with van der Waals surface area (Å²) in [7, 11) is -3.45. The molecule has 0 bridgehead atoms. The van der Waals surface area contributed by atoms with E-state index < -0.39 is 13.2 Å². The van der Waals surface area contributed by atoms with Gasteiger partial charge < -0.3 is 4.89 Å². The van der Waals surface area contributed by atoms with Crippen LogP contribution in [0.25, 0.3) is 5.31 Å². The molecule has 0 heterocycles. The van der Waals surface area contributed by atoms with Gasteiger partial charge in [0, 0.05) is 17.0 Å². The topological polar surface area (TPSA) is 37.3 Å². The highest BCUT2D eigenvalue weighted by atomic mass is 31.2. The number of benzene rings is 1. The van der Waals surface area contributed by atoms with Gasteiger partial charge >= 0.3 is 0 Å². The van der Waals surface area contributed by atoms with Crippen LogP contribution in [-0.4, -0.2) is 11.1 Å². The van der Waals surface area contributed by atoms with E-state index in [2.05, 4.69) is 6.58 Å². The summed E-state index contributed by atoms with van der Waals surface area (Å²) >= 11 is 0. The second kappa shape index (κ2) is 4.07. The van der Waals surface area contributed by atoms with Crippen molar-refractivity contribution in [1.29, 1.82) is 0 Å². The molecule has 4 heteroatoms. The predicted octanol–water partition coefficient (Wildman–Crippen LogP) is 3.09. The summed E-state index contributed by atoms with van der Waals surface area (Å²) in [6.07, 6.45) is 0.0696. The molecule has 0 aliphatic heterocycles. The van der Waals surface area contributed by atoms with Crippen LogP contribution in [0.3, 0.4) is 0 Å². The summed E-state index contributed by atoms with van der Waals surface area (Å²) in [6, 6.07) is 5.84. The normalized spacial score (nSPS) is 14.8. The van der Waals surface area contributed by atoms with Crippen molar-refractivity contribution in [3.63, 3.8) is 0 Å². The van der Waals surface area contributed by atoms with Crippen LogP contribution in [-0.2, 0) is 4.57 Å². The van der Waals surface area contributed by atoms with Crippen molar-refractivity contribution >= 4 is 12.7 Å². The molecule has 14 heavy (non-hydrogen) atoms. The molecule has 1 atom stereocenters. The molecule has 0 saturated heterocycles. The van der Waals surface area contributed by atoms with Gasteiger partial charge in [0.1, 0.15) is 5.82 Å². The number of rotatable bonds is 3. The van der Waals surface area contributed by atoms with Crippen molar-refractivity contribution in [3.8, 4) is 0 Å². The van der Waals surface area contributed by atoms with E-state index >= 15 is 0 Å². The summed E-state index contributed by atoms with van der Waals surface area (Å²) in [5, 5.41) is -0.0156. The van der Waals surface area contributed by atoms with Gasteiger partial charge in [0.2, 0.25) is 7.37 Å². The molecule has 0 aliphatic rings. The van der Waals surface area contributed by atoms with Crippen molar-refractivity contribution in [1.82, 2.24) is 0 Å². The van der Waals surface area contributed by atoms with Gasteiger partial charge in [0.25, 0.3) is 0 Å². The highest BCUT2D eigenvalue weighted by molar-refractivity contribution is 7.68. The first kappa shape index (κ1) is 11.2. The van der Waals surface area contributed by atoms with Gasteiger partial charge in [-0.15, -0.1) is 0 Å². The van der Waals surface area contributed by atoms with Crippen LogP contribution in [0.5, 0.6) is 0 Å². The molecule has 1 aromatic rings. The smallest absolute Gasteiger partial charge is 0.229 e. The average Bonchev–Trinajstić information content (AvgIpc) is 2.17. The van der Waals surface area contributed by atoms with E-state index in [4.69, 9.17) is 0 Å². The third kappa shape index (κ3) is 2.11. The first-order chi connectivity index (χ1) is 6.49. The zero-order chi connectivity index (χ0) is 10.8. The fraction of sp³-hybridized carbons (Fsp3) is 0.200. The monoisotopic (exact) mass is 214 g/mol. The summed E-state index contributed by atoms with van der Waals surface area (Å²) in [5.41, 5.74) is 0.125. The van der Waals surface area contributed by atoms with Gasteiger partial charge in [-0.3, -0.25) is 4.57 Å². The fourth-order valence-corrected chi connectivity index (χ4v) is 2.01. The van der Waals surface area contributed by atoms with Crippen LogP contribution in [0.2, 0.25) is 0 Å². The van der Waals surface area contributed by atoms with E-state index in [0.29, 0.717) is 0 Å². The van der Waals surface area contributed by atoms with Gasteiger partial charge in [0.15, 0.2) is 0 Å². The molecular formula is C10H12FO2P. The fourth-order valence-electron chi connectivity index (χ4n) is 1.07. The average molecular weight is 214 g/mol. The lowest BCUT2D eigenvalue weighted by Crippen LogP contribution is -1.92. The predicted molar refractivity (Wildman–Crippen MR) is 55.8 cm³/mol. The lowest BCUT2D eigenvalue weighted by Gasteiger charge is -2.12. The Labute approximate surface area is 82.5 Å². The largest absolute Gasteiger partial charge is 0.341 e. The summed E-state index contributed by atoms with van der Waals surface area (Å²) < 4.78 is 24.7. The van der Waals surface area contributed by atoms with Crippen LogP contribution in [0.1, 0.15) is 12.5 Å². The molecule has 0 fully saturated rings. The second-order valence-electron chi connectivity index (χ2n) is 2.94. The maximum Gasteiger partial charge on any atom is 0.229 e. The molecule has 0 amide bonds. The van der Waals surface area contributed by atoms with Gasteiger partial charge in [-0.1, -0.05) is 31.7 Å². The Hall–Kier alpha value is -0.920. The van der Waals surface area contributed by atoms with Gasteiger partial charge in [-0.25, -0.2) is 4.39 Å². The minimum absolute atomic E-state index is 0.0156. The molecular weight excluding hydrogens is 202 g/mol. The third-order valence-electron chi connectivity index (χ3n) is 2.04. The van der Waals surface area contributed by atoms with E-state index in [1.54, 1.807) is 13.0 Å². The minimum Gasteiger partial charge on any atom is -0.341 e. The van der Waals surface area contributed by atoms with Gasteiger partial charge in [0.05, 0.1) is 0 Å². The third-order valence-corrected chi connectivity index (χ3v) is 3.98. The highest BCUT2D eigenvalue weighted by Crippen LogP contribution is 2.53. The van der Waals surface area contributed by atoms with E-state index in [1.165, 1.54) is 18.2 Å². The van der Waals surface area contributed by atoms with Crippen LogP contribution in [0.4, 0.5) is 4.39 Å². The molecule has 1 aromatic carbocycles. The lowest BCUT2D eigenvalue weighted by molar-refractivity contribution is 0.491. The Balaban J connectivity index is 3.14. The summed E-state index contributed by atoms with van der Waals surface area (Å²) in [4.78, 5) is 9.46. The molecule has 1 N–H and O–H groups in total. The maximum atomic E-state index is 13.2. The number of hydrogen-bond donors (Lipinski definition) is 1. The van der Waals surface area contributed by atoms with E-state index in [-0.39, 0.29) is 17.0 Å². The van der Waals surface area contributed by atoms with Crippen molar-refractivity contribution in [2.75, 3.05) is 6.16 Å². The molecule has 1 rings (SSSR count). The lowest BCUT2D eigenvalue weighted by atomic mass is 10.2. The number of halogens is 1. The van der Waals surface area contributed by atoms with E-state index in [0.717, 1.165) is 0 Å². The van der Waals surface area contributed by atoms with Crippen molar-refractivity contribution in [2.45, 2.75) is 6.92 Å². The van der Waals surface area contributed by atoms with Crippen molar-refractivity contribution in [2.24, 2.45) is 0 Å². The zero-order valence-corrected chi connectivity index (χ0v) is 8.80. The first-order valence-corrected chi connectivity index (χ1v) is 6.09. The van der Waals surface area contributed by atoms with Crippen LogP contribution >= 0.6 is 7.37 Å². The SMILES string of the molecule is C=C(c1ccccc1F)P(=O)(O)CC. The molecule has 0 spiro atoms. The van der Waals surface area contributed by atoms with Crippen LogP contribution < -0.4 is 0 Å². The van der Waals surface area contributed by atoms with Gasteiger partial charge in [-0.05, 0) is 6.07 Å². The standard InChI is InChI=1S/C10H12FO2P/c1-3-14(12,13)8(2)9-6-4-5-7-10(9)11/h4-7H,2-3H2,1H3,(H,12,13). The first-order valence-electron chi connectivity index (χ1n) is 4.25. The van der Waals surface area contributed by atoms with Crippen molar-refractivity contribution < 1.29 is 13.8 Å². The Morgan fingerprint density at radius 3 is 2.64 bits per heavy atom. The second-order valence-corrected chi connectivity index (χ2v) is 5.52. The Morgan fingerprint density at radius 1 is 1.57 bits per heavy atom. The van der Waals surface area contributed by atoms with E-state index in [9.17, 15) is 13.8 Å². The minimum atomic E-state index is -3.45.